The van der Waals surface area contributed by atoms with Crippen molar-refractivity contribution in [2.24, 2.45) is 11.1 Å². The third-order valence-electron chi connectivity index (χ3n) is 4.16. The number of tetrazole rings is 1. The second-order valence-corrected chi connectivity index (χ2v) is 8.59. The van der Waals surface area contributed by atoms with E-state index in [4.69, 9.17) is 15.2 Å². The molecule has 0 aromatic carbocycles. The maximum atomic E-state index is 12.7. The Labute approximate surface area is 165 Å². The molecule has 12 heteroatoms. The second-order valence-electron chi connectivity index (χ2n) is 7.49. The monoisotopic (exact) mass is 410 g/mol. The number of nitrogens with zero attached hydrogens (tertiary/aromatic N) is 5. The van der Waals surface area contributed by atoms with Crippen LogP contribution < -0.4 is 5.73 Å². The Bertz CT molecular complexity index is 845. The van der Waals surface area contributed by atoms with E-state index < -0.39 is 30.2 Å². The molecule has 0 unspecified atom stereocenters. The fraction of sp³-hybridized carbons (Fsp3) is 0.625. The molecule has 3 heterocycles. The Morgan fingerprint density at radius 2 is 2.04 bits per heavy atom. The van der Waals surface area contributed by atoms with Crippen LogP contribution in [0.4, 0.5) is 0 Å². The SMILES string of the molecule is Cc1nnn(CC2=C(C(=O)OCOC(=O)C(C)(C)C)N3C(=O)[C@@H](N)[C@H]3SC2)n1. The van der Waals surface area contributed by atoms with Crippen molar-refractivity contribution in [1.82, 2.24) is 25.1 Å². The van der Waals surface area contributed by atoms with Gasteiger partial charge in [-0.1, -0.05) is 0 Å². The molecule has 152 valence electrons. The number of aryl methyl sites for hydroxylation is 1. The molecule has 0 bridgehead atoms. The number of hydrogen-bond acceptors (Lipinski definition) is 10. The number of ether oxygens (including phenoxy) is 2. The molecule has 1 aromatic rings. The zero-order valence-corrected chi connectivity index (χ0v) is 16.9. The maximum absolute atomic E-state index is 12.7. The van der Waals surface area contributed by atoms with Crippen LogP contribution in [0.5, 0.6) is 0 Å². The van der Waals surface area contributed by atoms with Crippen LogP contribution in [-0.2, 0) is 30.4 Å². The minimum Gasteiger partial charge on any atom is -0.427 e. The van der Waals surface area contributed by atoms with Gasteiger partial charge in [0, 0.05) is 5.75 Å². The lowest BCUT2D eigenvalue weighted by molar-refractivity contribution is -0.173. The largest absolute Gasteiger partial charge is 0.427 e. The van der Waals surface area contributed by atoms with Gasteiger partial charge in [-0.15, -0.1) is 22.0 Å². The molecule has 0 radical (unpaired) electrons. The van der Waals surface area contributed by atoms with Crippen molar-refractivity contribution in [3.8, 4) is 0 Å². The zero-order chi connectivity index (χ0) is 20.6. The molecule has 2 aliphatic heterocycles. The zero-order valence-electron chi connectivity index (χ0n) is 16.0. The molecule has 2 aliphatic rings. The number of amides is 1. The molecule has 0 spiro atoms. The number of carbonyl (C=O) groups excluding carboxylic acids is 3. The molecule has 1 saturated heterocycles. The number of β-lactam (4-membered cyclic amide) rings is 1. The van der Waals surface area contributed by atoms with Gasteiger partial charge < -0.3 is 15.2 Å². The summed E-state index contributed by atoms with van der Waals surface area (Å²) in [6.45, 7) is 6.39. The Morgan fingerprint density at radius 3 is 2.64 bits per heavy atom. The molecule has 1 amide bonds. The smallest absolute Gasteiger partial charge is 0.358 e. The van der Waals surface area contributed by atoms with Crippen LogP contribution in [0.3, 0.4) is 0 Å². The van der Waals surface area contributed by atoms with E-state index in [2.05, 4.69) is 15.4 Å². The van der Waals surface area contributed by atoms with E-state index in [9.17, 15) is 14.4 Å². The van der Waals surface area contributed by atoms with Crippen LogP contribution in [0.2, 0.25) is 0 Å². The predicted octanol–water partition coefficient (Wildman–Crippen LogP) is -0.432. The summed E-state index contributed by atoms with van der Waals surface area (Å²) < 4.78 is 10.1. The topological polar surface area (TPSA) is 143 Å². The van der Waals surface area contributed by atoms with Gasteiger partial charge in [-0.05, 0) is 38.5 Å². The minimum absolute atomic E-state index is 0.0946. The molecule has 2 atom stereocenters. The van der Waals surface area contributed by atoms with Crippen molar-refractivity contribution < 1.29 is 23.9 Å². The van der Waals surface area contributed by atoms with Crippen molar-refractivity contribution in [1.29, 1.82) is 0 Å². The van der Waals surface area contributed by atoms with Crippen LogP contribution in [0.15, 0.2) is 11.3 Å². The summed E-state index contributed by atoms with van der Waals surface area (Å²) in [7, 11) is 0. The third kappa shape index (κ3) is 3.87. The minimum atomic E-state index is -0.765. The number of nitrogens with two attached hydrogens (primary N) is 1. The third-order valence-corrected chi connectivity index (χ3v) is 5.52. The van der Waals surface area contributed by atoms with Gasteiger partial charge in [0.2, 0.25) is 12.7 Å². The van der Waals surface area contributed by atoms with E-state index in [0.717, 1.165) is 0 Å². The van der Waals surface area contributed by atoms with Crippen molar-refractivity contribution in [3.05, 3.63) is 17.1 Å². The van der Waals surface area contributed by atoms with Crippen LogP contribution in [0.25, 0.3) is 0 Å². The number of hydrogen-bond donors (Lipinski definition) is 1. The molecule has 0 saturated carbocycles. The summed E-state index contributed by atoms with van der Waals surface area (Å²) in [6, 6.07) is -0.667. The van der Waals surface area contributed by atoms with E-state index >= 15 is 0 Å². The van der Waals surface area contributed by atoms with Gasteiger partial charge in [0.15, 0.2) is 5.82 Å². The van der Waals surface area contributed by atoms with E-state index in [1.165, 1.54) is 21.5 Å². The van der Waals surface area contributed by atoms with E-state index in [-0.39, 0.29) is 23.5 Å². The lowest BCUT2D eigenvalue weighted by Crippen LogP contribution is -2.68. The van der Waals surface area contributed by atoms with Crippen LogP contribution in [0.1, 0.15) is 26.6 Å². The Balaban J connectivity index is 1.77. The highest BCUT2D eigenvalue weighted by atomic mass is 32.2. The first-order chi connectivity index (χ1) is 13.1. The molecule has 3 rings (SSSR count). The molecule has 1 fully saturated rings. The van der Waals surface area contributed by atoms with Gasteiger partial charge in [0.05, 0.1) is 12.0 Å². The number of carbonyl (C=O) groups is 3. The molecular formula is C16H22N6O5S. The first-order valence-electron chi connectivity index (χ1n) is 8.60. The summed E-state index contributed by atoms with van der Waals surface area (Å²) in [4.78, 5) is 39.4. The highest BCUT2D eigenvalue weighted by Crippen LogP contribution is 2.40. The normalized spacial score (nSPS) is 21.9. The molecule has 11 nitrogen and oxygen atoms in total. The predicted molar refractivity (Wildman–Crippen MR) is 97.2 cm³/mol. The quantitative estimate of drug-likeness (QED) is 0.386. The summed E-state index contributed by atoms with van der Waals surface area (Å²) in [5.41, 5.74) is 5.81. The second kappa shape index (κ2) is 7.51. The highest BCUT2D eigenvalue weighted by Gasteiger charge is 2.52. The standard InChI is InChI=1S/C16H22N6O5S/c1-8-18-20-21(19-8)5-9-6-28-13-10(17)12(23)22(13)11(9)14(24)26-7-27-15(25)16(2,3)4/h10,13H,5-7,17H2,1-4H3/t10-,13-/m1/s1. The number of aromatic nitrogens is 4. The van der Waals surface area contributed by atoms with Crippen molar-refractivity contribution in [3.63, 3.8) is 0 Å². The summed E-state index contributed by atoms with van der Waals surface area (Å²) in [6.07, 6.45) is 0. The average Bonchev–Trinajstić information content (AvgIpc) is 3.04. The fourth-order valence-corrected chi connectivity index (χ4v) is 3.95. The number of esters is 2. The molecule has 0 aliphatic carbocycles. The molecular weight excluding hydrogens is 388 g/mol. The molecule has 2 N–H and O–H groups in total. The number of fused-ring (bicyclic) bond motifs is 1. The Kier molecular flexibility index (Phi) is 5.44. The van der Waals surface area contributed by atoms with E-state index in [0.29, 0.717) is 17.2 Å². The van der Waals surface area contributed by atoms with Crippen LogP contribution in [0, 0.1) is 12.3 Å². The number of thioether (sulfide) groups is 1. The van der Waals surface area contributed by atoms with Crippen molar-refractivity contribution in [2.45, 2.75) is 45.7 Å². The highest BCUT2D eigenvalue weighted by molar-refractivity contribution is 8.00. The Morgan fingerprint density at radius 1 is 1.32 bits per heavy atom. The van der Waals surface area contributed by atoms with E-state index in [1.54, 1.807) is 27.7 Å². The lowest BCUT2D eigenvalue weighted by atomic mass is 9.98. The average molecular weight is 410 g/mol. The van der Waals surface area contributed by atoms with Crippen molar-refractivity contribution in [2.75, 3.05) is 12.5 Å². The molecule has 28 heavy (non-hydrogen) atoms. The summed E-state index contributed by atoms with van der Waals surface area (Å²) in [5, 5.41) is 11.5. The van der Waals surface area contributed by atoms with Gasteiger partial charge >= 0.3 is 11.9 Å². The van der Waals surface area contributed by atoms with Crippen LogP contribution in [-0.4, -0.2) is 66.9 Å². The molecule has 1 aromatic heterocycles. The lowest BCUT2D eigenvalue weighted by Gasteiger charge is -2.48. The van der Waals surface area contributed by atoms with Gasteiger partial charge in [-0.25, -0.2) is 4.79 Å². The van der Waals surface area contributed by atoms with Gasteiger partial charge in [0.25, 0.3) is 0 Å². The maximum Gasteiger partial charge on any atom is 0.358 e. The van der Waals surface area contributed by atoms with E-state index in [1.807, 2.05) is 0 Å². The summed E-state index contributed by atoms with van der Waals surface area (Å²) >= 11 is 1.45. The Hall–Kier alpha value is -2.47. The fourth-order valence-electron chi connectivity index (χ4n) is 2.67. The summed E-state index contributed by atoms with van der Waals surface area (Å²) in [5.74, 6) is -0.692. The number of rotatable bonds is 5. The van der Waals surface area contributed by atoms with Gasteiger partial charge in [0.1, 0.15) is 17.1 Å². The van der Waals surface area contributed by atoms with Gasteiger partial charge in [-0.3, -0.25) is 14.5 Å². The van der Waals surface area contributed by atoms with Gasteiger partial charge in [-0.2, -0.15) is 4.80 Å². The van der Waals surface area contributed by atoms with Crippen LogP contribution >= 0.6 is 11.8 Å². The van der Waals surface area contributed by atoms with Crippen molar-refractivity contribution >= 4 is 29.6 Å². The first-order valence-corrected chi connectivity index (χ1v) is 9.65. The first kappa shape index (κ1) is 20.3.